The van der Waals surface area contributed by atoms with E-state index in [0.29, 0.717) is 17.7 Å². The van der Waals surface area contributed by atoms with E-state index in [4.69, 9.17) is 0 Å². The lowest BCUT2D eigenvalue weighted by Crippen LogP contribution is -2.33. The van der Waals surface area contributed by atoms with Crippen molar-refractivity contribution in [1.29, 1.82) is 0 Å². The summed E-state index contributed by atoms with van der Waals surface area (Å²) >= 11 is 0. The van der Waals surface area contributed by atoms with Gasteiger partial charge in [0.05, 0.1) is 6.04 Å². The van der Waals surface area contributed by atoms with Crippen LogP contribution in [0, 0.1) is 13.8 Å². The molecule has 4 N–H and O–H groups in total. The Balaban J connectivity index is 2.08. The van der Waals surface area contributed by atoms with Gasteiger partial charge in [-0.2, -0.15) is 0 Å². The Labute approximate surface area is 153 Å². The highest BCUT2D eigenvalue weighted by Crippen LogP contribution is 2.19. The maximum Gasteiger partial charge on any atom is 0.319 e. The zero-order valence-electron chi connectivity index (χ0n) is 15.3. The molecule has 2 aromatic rings. The van der Waals surface area contributed by atoms with Crippen LogP contribution in [0.3, 0.4) is 0 Å². The second kappa shape index (κ2) is 9.01. The SMILES string of the molecule is CNC(=O)c1ccc(NC(=O)N[C@@H](CCO)c2ccc(C)cc2)c(C)c1. The van der Waals surface area contributed by atoms with E-state index in [1.807, 2.05) is 38.1 Å². The molecule has 26 heavy (non-hydrogen) atoms. The van der Waals surface area contributed by atoms with Crippen LogP contribution in [0.15, 0.2) is 42.5 Å². The summed E-state index contributed by atoms with van der Waals surface area (Å²) in [5.41, 5.74) is 4.02. The maximum atomic E-state index is 12.4. The number of aliphatic hydroxyl groups excluding tert-OH is 1. The standard InChI is InChI=1S/C20H25N3O3/c1-13-4-6-15(7-5-13)18(10-11-24)23-20(26)22-17-9-8-16(12-14(17)2)19(25)21-3/h4-9,12,18,24H,10-11H2,1-3H3,(H,21,25)(H2,22,23,26)/t18-/m0/s1. The van der Waals surface area contributed by atoms with E-state index in [2.05, 4.69) is 16.0 Å². The van der Waals surface area contributed by atoms with Crippen molar-refractivity contribution in [3.63, 3.8) is 0 Å². The number of benzene rings is 2. The number of amides is 3. The fourth-order valence-corrected chi connectivity index (χ4v) is 2.66. The smallest absolute Gasteiger partial charge is 0.319 e. The highest BCUT2D eigenvalue weighted by Gasteiger charge is 2.15. The van der Waals surface area contributed by atoms with Crippen molar-refractivity contribution >= 4 is 17.6 Å². The first kappa shape index (κ1) is 19.5. The molecule has 2 rings (SSSR count). The third-order valence-electron chi connectivity index (χ3n) is 4.17. The monoisotopic (exact) mass is 355 g/mol. The van der Waals surface area contributed by atoms with Crippen LogP contribution in [0.25, 0.3) is 0 Å². The largest absolute Gasteiger partial charge is 0.396 e. The zero-order chi connectivity index (χ0) is 19.1. The molecule has 3 amide bonds. The Morgan fingerprint density at radius 1 is 1.08 bits per heavy atom. The number of rotatable bonds is 6. The van der Waals surface area contributed by atoms with Crippen LogP contribution in [0.2, 0.25) is 0 Å². The van der Waals surface area contributed by atoms with Gasteiger partial charge in [0.25, 0.3) is 5.91 Å². The molecule has 0 saturated carbocycles. The minimum Gasteiger partial charge on any atom is -0.396 e. The maximum absolute atomic E-state index is 12.4. The minimum atomic E-state index is -0.361. The first-order valence-electron chi connectivity index (χ1n) is 8.52. The number of carbonyl (C=O) groups excluding carboxylic acids is 2. The van der Waals surface area contributed by atoms with Crippen molar-refractivity contribution in [1.82, 2.24) is 10.6 Å². The fraction of sp³-hybridized carbons (Fsp3) is 0.300. The summed E-state index contributed by atoms with van der Waals surface area (Å²) < 4.78 is 0. The molecule has 0 radical (unpaired) electrons. The van der Waals surface area contributed by atoms with Gasteiger partial charge < -0.3 is 21.1 Å². The van der Waals surface area contributed by atoms with Crippen LogP contribution in [0.1, 0.15) is 39.5 Å². The van der Waals surface area contributed by atoms with E-state index in [1.54, 1.807) is 25.2 Å². The van der Waals surface area contributed by atoms with Gasteiger partial charge >= 0.3 is 6.03 Å². The van der Waals surface area contributed by atoms with Crippen molar-refractivity contribution in [3.05, 3.63) is 64.7 Å². The van der Waals surface area contributed by atoms with Gasteiger partial charge in [-0.15, -0.1) is 0 Å². The lowest BCUT2D eigenvalue weighted by Gasteiger charge is -2.19. The Morgan fingerprint density at radius 2 is 1.77 bits per heavy atom. The summed E-state index contributed by atoms with van der Waals surface area (Å²) in [6.07, 6.45) is 0.422. The number of aliphatic hydroxyl groups is 1. The normalized spacial score (nSPS) is 11.5. The van der Waals surface area contributed by atoms with Gasteiger partial charge in [0, 0.05) is 24.9 Å². The molecule has 0 aromatic heterocycles. The second-order valence-electron chi connectivity index (χ2n) is 6.18. The molecule has 0 aliphatic carbocycles. The third kappa shape index (κ3) is 5.07. The number of urea groups is 1. The van der Waals surface area contributed by atoms with Crippen LogP contribution >= 0.6 is 0 Å². The van der Waals surface area contributed by atoms with Crippen molar-refractivity contribution in [3.8, 4) is 0 Å². The summed E-state index contributed by atoms with van der Waals surface area (Å²) in [5, 5.41) is 17.6. The molecule has 0 heterocycles. The molecule has 2 aromatic carbocycles. The minimum absolute atomic E-state index is 0.0291. The van der Waals surface area contributed by atoms with Crippen LogP contribution in [0.4, 0.5) is 10.5 Å². The van der Waals surface area contributed by atoms with E-state index in [1.165, 1.54) is 0 Å². The van der Waals surface area contributed by atoms with Gasteiger partial charge in [-0.05, 0) is 49.6 Å². The van der Waals surface area contributed by atoms with Gasteiger partial charge in [0.1, 0.15) is 0 Å². The predicted molar refractivity (Wildman–Crippen MR) is 102 cm³/mol. The van der Waals surface area contributed by atoms with Crippen molar-refractivity contribution < 1.29 is 14.7 Å². The molecule has 0 fully saturated rings. The van der Waals surface area contributed by atoms with Crippen LogP contribution < -0.4 is 16.0 Å². The summed E-state index contributed by atoms with van der Waals surface area (Å²) in [4.78, 5) is 24.0. The summed E-state index contributed by atoms with van der Waals surface area (Å²) in [5.74, 6) is -0.175. The predicted octanol–water partition coefficient (Wildman–Crippen LogP) is 2.91. The van der Waals surface area contributed by atoms with Crippen LogP contribution in [0.5, 0.6) is 0 Å². The lowest BCUT2D eigenvalue weighted by molar-refractivity contribution is 0.0963. The highest BCUT2D eigenvalue weighted by molar-refractivity contribution is 5.96. The Kier molecular flexibility index (Phi) is 6.74. The number of carbonyl (C=O) groups is 2. The number of hydrogen-bond acceptors (Lipinski definition) is 3. The molecule has 6 heteroatoms. The van der Waals surface area contributed by atoms with E-state index in [0.717, 1.165) is 16.7 Å². The van der Waals surface area contributed by atoms with E-state index < -0.39 is 0 Å². The van der Waals surface area contributed by atoms with Crippen LogP contribution in [-0.2, 0) is 0 Å². The second-order valence-corrected chi connectivity index (χ2v) is 6.18. The Hall–Kier alpha value is -2.86. The van der Waals surface area contributed by atoms with Crippen molar-refractivity contribution in [2.45, 2.75) is 26.3 Å². The summed E-state index contributed by atoms with van der Waals surface area (Å²) in [6, 6.07) is 12.3. The molecular weight excluding hydrogens is 330 g/mol. The summed E-state index contributed by atoms with van der Waals surface area (Å²) in [6.45, 7) is 3.79. The number of anilines is 1. The van der Waals surface area contributed by atoms with Gasteiger partial charge in [-0.25, -0.2) is 4.79 Å². The molecule has 0 spiro atoms. The summed E-state index contributed by atoms with van der Waals surface area (Å²) in [7, 11) is 1.57. The Morgan fingerprint density at radius 3 is 2.35 bits per heavy atom. The first-order chi connectivity index (χ1) is 12.4. The number of hydrogen-bond donors (Lipinski definition) is 4. The van der Waals surface area contributed by atoms with Crippen molar-refractivity contribution in [2.75, 3.05) is 19.0 Å². The van der Waals surface area contributed by atoms with Gasteiger partial charge in [0.15, 0.2) is 0 Å². The van der Waals surface area contributed by atoms with Crippen molar-refractivity contribution in [2.24, 2.45) is 0 Å². The third-order valence-corrected chi connectivity index (χ3v) is 4.17. The average molecular weight is 355 g/mol. The quantitative estimate of drug-likeness (QED) is 0.642. The molecule has 0 aliphatic heterocycles. The number of aryl methyl sites for hydroxylation is 2. The molecule has 0 saturated heterocycles. The number of nitrogens with one attached hydrogen (secondary N) is 3. The Bertz CT molecular complexity index is 772. The van der Waals surface area contributed by atoms with E-state index >= 15 is 0 Å². The first-order valence-corrected chi connectivity index (χ1v) is 8.52. The molecule has 0 bridgehead atoms. The van der Waals surface area contributed by atoms with E-state index in [-0.39, 0.29) is 24.6 Å². The molecule has 6 nitrogen and oxygen atoms in total. The average Bonchev–Trinajstić information content (AvgIpc) is 2.63. The molecular formula is C20H25N3O3. The molecule has 0 unspecified atom stereocenters. The fourth-order valence-electron chi connectivity index (χ4n) is 2.66. The molecule has 1 atom stereocenters. The molecule has 0 aliphatic rings. The zero-order valence-corrected chi connectivity index (χ0v) is 15.3. The van der Waals surface area contributed by atoms with Crippen LogP contribution in [-0.4, -0.2) is 30.7 Å². The lowest BCUT2D eigenvalue weighted by atomic mass is 10.0. The topological polar surface area (TPSA) is 90.5 Å². The van der Waals surface area contributed by atoms with Gasteiger partial charge in [-0.1, -0.05) is 29.8 Å². The van der Waals surface area contributed by atoms with E-state index in [9.17, 15) is 14.7 Å². The molecule has 138 valence electrons. The highest BCUT2D eigenvalue weighted by atomic mass is 16.3. The van der Waals surface area contributed by atoms with Gasteiger partial charge in [-0.3, -0.25) is 4.79 Å². The van der Waals surface area contributed by atoms with Gasteiger partial charge in [0.2, 0.25) is 0 Å².